The van der Waals surface area contributed by atoms with E-state index in [0.29, 0.717) is 0 Å². The maximum absolute atomic E-state index is 4.41. The lowest BCUT2D eigenvalue weighted by Gasteiger charge is -2.19. The summed E-state index contributed by atoms with van der Waals surface area (Å²) < 4.78 is 3.46. The molecule has 1 aromatic carbocycles. The van der Waals surface area contributed by atoms with E-state index in [-0.39, 0.29) is 29.4 Å². The lowest BCUT2D eigenvalue weighted by molar-refractivity contribution is 0.598. The number of aromatic nitrogens is 3. The van der Waals surface area contributed by atoms with Crippen LogP contribution in [0.5, 0.6) is 0 Å². The summed E-state index contributed by atoms with van der Waals surface area (Å²) in [6.07, 6.45) is 8.11. The fourth-order valence-electron chi connectivity index (χ4n) is 4.03. The molecule has 1 saturated carbocycles. The Hall–Kier alpha value is -1.16. The molecular formula is C21H30BrIN6. The molecule has 6 nitrogen and oxygen atoms in total. The molecule has 158 valence electrons. The number of rotatable bonds is 6. The van der Waals surface area contributed by atoms with E-state index < -0.39 is 0 Å². The van der Waals surface area contributed by atoms with E-state index in [1.165, 1.54) is 37.7 Å². The average Bonchev–Trinajstić information content (AvgIpc) is 3.46. The summed E-state index contributed by atoms with van der Waals surface area (Å²) >= 11 is 3.59. The Balaban J connectivity index is 0.00000240. The Kier molecular flexibility index (Phi) is 7.95. The second-order valence-corrected chi connectivity index (χ2v) is 8.80. The van der Waals surface area contributed by atoms with Crippen LogP contribution < -0.4 is 10.6 Å². The number of halogens is 2. The SMILES string of the molecule is CN=C(NCCc1nnc2n1CCCCC2)NCC1(c2cccc(Br)c2)CC1.I. The highest BCUT2D eigenvalue weighted by Gasteiger charge is 2.44. The van der Waals surface area contributed by atoms with Gasteiger partial charge < -0.3 is 15.2 Å². The van der Waals surface area contributed by atoms with E-state index in [1.807, 2.05) is 7.05 Å². The Morgan fingerprint density at radius 3 is 2.83 bits per heavy atom. The maximum atomic E-state index is 4.41. The van der Waals surface area contributed by atoms with Crippen molar-refractivity contribution < 1.29 is 0 Å². The topological polar surface area (TPSA) is 67.1 Å². The van der Waals surface area contributed by atoms with Gasteiger partial charge in [0.2, 0.25) is 0 Å². The number of aryl methyl sites for hydroxylation is 1. The molecular weight excluding hydrogens is 543 g/mol. The van der Waals surface area contributed by atoms with E-state index in [9.17, 15) is 0 Å². The molecule has 2 aromatic rings. The van der Waals surface area contributed by atoms with Crippen LogP contribution in [0.1, 0.15) is 49.3 Å². The van der Waals surface area contributed by atoms with Crippen molar-refractivity contribution in [1.29, 1.82) is 0 Å². The molecule has 0 unspecified atom stereocenters. The predicted octanol–water partition coefficient (Wildman–Crippen LogP) is 3.82. The second-order valence-electron chi connectivity index (χ2n) is 7.89. The van der Waals surface area contributed by atoms with Crippen LogP contribution in [-0.4, -0.2) is 40.9 Å². The number of fused-ring (bicyclic) bond motifs is 1. The molecule has 0 saturated heterocycles. The van der Waals surface area contributed by atoms with Crippen LogP contribution in [0.4, 0.5) is 0 Å². The van der Waals surface area contributed by atoms with Gasteiger partial charge in [-0.1, -0.05) is 34.5 Å². The highest BCUT2D eigenvalue weighted by Crippen LogP contribution is 2.48. The van der Waals surface area contributed by atoms with Crippen molar-refractivity contribution in [2.24, 2.45) is 4.99 Å². The number of aliphatic imine (C=N–C) groups is 1. The molecule has 2 heterocycles. The number of nitrogens with zero attached hydrogens (tertiary/aromatic N) is 4. The first-order valence-corrected chi connectivity index (χ1v) is 11.1. The van der Waals surface area contributed by atoms with Gasteiger partial charge in [-0.2, -0.15) is 0 Å². The van der Waals surface area contributed by atoms with Crippen LogP contribution in [0.2, 0.25) is 0 Å². The molecule has 29 heavy (non-hydrogen) atoms. The van der Waals surface area contributed by atoms with Gasteiger partial charge in [-0.3, -0.25) is 4.99 Å². The van der Waals surface area contributed by atoms with Crippen molar-refractivity contribution in [3.63, 3.8) is 0 Å². The number of benzene rings is 1. The van der Waals surface area contributed by atoms with Gasteiger partial charge >= 0.3 is 0 Å². The Morgan fingerprint density at radius 1 is 1.21 bits per heavy atom. The second kappa shape index (κ2) is 10.2. The molecule has 0 radical (unpaired) electrons. The third kappa shape index (κ3) is 5.51. The van der Waals surface area contributed by atoms with Crippen LogP contribution in [0, 0.1) is 0 Å². The first kappa shape index (κ1) is 22.5. The minimum atomic E-state index is 0. The van der Waals surface area contributed by atoms with E-state index in [2.05, 4.69) is 70.6 Å². The first-order chi connectivity index (χ1) is 13.7. The number of hydrogen-bond donors (Lipinski definition) is 2. The monoisotopic (exact) mass is 572 g/mol. The zero-order chi connectivity index (χ0) is 19.4. The smallest absolute Gasteiger partial charge is 0.191 e. The van der Waals surface area contributed by atoms with Crippen LogP contribution >= 0.6 is 39.9 Å². The lowest BCUT2D eigenvalue weighted by atomic mass is 9.96. The Bertz CT molecular complexity index is 845. The molecule has 2 N–H and O–H groups in total. The minimum Gasteiger partial charge on any atom is -0.356 e. The molecule has 1 aliphatic carbocycles. The standard InChI is InChI=1S/C21H29BrN6.HI/c1-23-20(25-15-21(10-11-21)16-6-5-7-17(22)14-16)24-12-9-19-27-26-18-8-3-2-4-13-28(18)19;/h5-7,14H,2-4,8-13,15H2,1H3,(H2,23,24,25);1H. The van der Waals surface area contributed by atoms with Gasteiger partial charge in [0.15, 0.2) is 5.96 Å². The van der Waals surface area contributed by atoms with E-state index >= 15 is 0 Å². The fourth-order valence-corrected chi connectivity index (χ4v) is 4.43. The highest BCUT2D eigenvalue weighted by molar-refractivity contribution is 14.0. The summed E-state index contributed by atoms with van der Waals surface area (Å²) in [5.74, 6) is 3.10. The predicted molar refractivity (Wildman–Crippen MR) is 131 cm³/mol. The molecule has 8 heteroatoms. The Labute approximate surface area is 198 Å². The van der Waals surface area contributed by atoms with Gasteiger partial charge in [-0.05, 0) is 43.4 Å². The third-order valence-electron chi connectivity index (χ3n) is 5.94. The van der Waals surface area contributed by atoms with Crippen molar-refractivity contribution in [1.82, 2.24) is 25.4 Å². The number of nitrogens with one attached hydrogen (secondary N) is 2. The van der Waals surface area contributed by atoms with E-state index in [0.717, 1.165) is 54.6 Å². The molecule has 1 aliphatic heterocycles. The van der Waals surface area contributed by atoms with E-state index in [4.69, 9.17) is 0 Å². The van der Waals surface area contributed by atoms with Crippen molar-refractivity contribution in [3.05, 3.63) is 46.0 Å². The molecule has 2 aliphatic rings. The van der Waals surface area contributed by atoms with Crippen molar-refractivity contribution in [2.75, 3.05) is 20.1 Å². The van der Waals surface area contributed by atoms with Gasteiger partial charge in [0.25, 0.3) is 0 Å². The molecule has 4 rings (SSSR count). The van der Waals surface area contributed by atoms with Crippen LogP contribution in [0.15, 0.2) is 33.7 Å². The molecule has 0 spiro atoms. The molecule has 0 bridgehead atoms. The maximum Gasteiger partial charge on any atom is 0.191 e. The quantitative estimate of drug-likeness (QED) is 0.314. The molecule has 0 atom stereocenters. The highest BCUT2D eigenvalue weighted by atomic mass is 127. The minimum absolute atomic E-state index is 0. The van der Waals surface area contributed by atoms with Gasteiger partial charge in [0, 0.05) is 49.4 Å². The fraction of sp³-hybridized carbons (Fsp3) is 0.571. The zero-order valence-electron chi connectivity index (χ0n) is 17.0. The van der Waals surface area contributed by atoms with Crippen molar-refractivity contribution >= 4 is 45.9 Å². The van der Waals surface area contributed by atoms with Crippen molar-refractivity contribution in [2.45, 2.75) is 56.9 Å². The van der Waals surface area contributed by atoms with E-state index in [1.54, 1.807) is 0 Å². The summed E-state index contributed by atoms with van der Waals surface area (Å²) in [6, 6.07) is 8.67. The van der Waals surface area contributed by atoms with Gasteiger partial charge in [0.05, 0.1) is 0 Å². The van der Waals surface area contributed by atoms with Gasteiger partial charge in [-0.15, -0.1) is 34.2 Å². The summed E-state index contributed by atoms with van der Waals surface area (Å²) in [7, 11) is 1.83. The molecule has 1 aromatic heterocycles. The number of hydrogen-bond acceptors (Lipinski definition) is 3. The Morgan fingerprint density at radius 2 is 2.07 bits per heavy atom. The average molecular weight is 573 g/mol. The third-order valence-corrected chi connectivity index (χ3v) is 6.43. The van der Waals surface area contributed by atoms with Gasteiger partial charge in [0.1, 0.15) is 11.6 Å². The zero-order valence-corrected chi connectivity index (χ0v) is 20.9. The largest absolute Gasteiger partial charge is 0.356 e. The van der Waals surface area contributed by atoms with Crippen molar-refractivity contribution in [3.8, 4) is 0 Å². The summed E-state index contributed by atoms with van der Waals surface area (Å²) in [6.45, 7) is 2.77. The van der Waals surface area contributed by atoms with Crippen LogP contribution in [-0.2, 0) is 24.8 Å². The van der Waals surface area contributed by atoms with Gasteiger partial charge in [-0.25, -0.2) is 0 Å². The van der Waals surface area contributed by atoms with Crippen LogP contribution in [0.3, 0.4) is 0 Å². The summed E-state index contributed by atoms with van der Waals surface area (Å²) in [5, 5.41) is 15.8. The van der Waals surface area contributed by atoms with Crippen LogP contribution in [0.25, 0.3) is 0 Å². The normalized spacial score (nSPS) is 17.7. The first-order valence-electron chi connectivity index (χ1n) is 10.3. The lowest BCUT2D eigenvalue weighted by Crippen LogP contribution is -2.42. The number of guanidine groups is 1. The molecule has 0 amide bonds. The summed E-state index contributed by atoms with van der Waals surface area (Å²) in [5.41, 5.74) is 1.64. The molecule has 1 fully saturated rings. The summed E-state index contributed by atoms with van der Waals surface area (Å²) in [4.78, 5) is 4.39.